The molecule has 0 bridgehead atoms. The Morgan fingerprint density at radius 1 is 1.26 bits per heavy atom. The highest BCUT2D eigenvalue weighted by Crippen LogP contribution is 2.42. The highest BCUT2D eigenvalue weighted by molar-refractivity contribution is 8.00. The molecule has 2 aromatic rings. The van der Waals surface area contributed by atoms with E-state index in [0.29, 0.717) is 16.5 Å². The van der Waals surface area contributed by atoms with Crippen LogP contribution >= 0.6 is 23.1 Å². The number of imide groups is 1. The van der Waals surface area contributed by atoms with Crippen LogP contribution in [0.2, 0.25) is 0 Å². The second-order valence-corrected chi connectivity index (χ2v) is 12.2. The van der Waals surface area contributed by atoms with Gasteiger partial charge in [0.2, 0.25) is 5.91 Å². The number of carbonyl (C=O) groups excluding carboxylic acids is 2. The predicted molar refractivity (Wildman–Crippen MR) is 124 cm³/mol. The second kappa shape index (κ2) is 8.58. The molecule has 1 saturated carbocycles. The molecule has 168 valence electrons. The van der Waals surface area contributed by atoms with Crippen molar-refractivity contribution in [3.63, 3.8) is 0 Å². The van der Waals surface area contributed by atoms with Crippen molar-refractivity contribution in [2.24, 2.45) is 18.4 Å². The van der Waals surface area contributed by atoms with Gasteiger partial charge in [-0.3, -0.25) is 10.1 Å². The van der Waals surface area contributed by atoms with Gasteiger partial charge in [-0.2, -0.15) is 0 Å². The molecule has 2 atom stereocenters. The summed E-state index contributed by atoms with van der Waals surface area (Å²) in [6.45, 7) is 8.76. The molecule has 2 heterocycles. The summed E-state index contributed by atoms with van der Waals surface area (Å²) in [5.74, 6) is 1.20. The minimum atomic E-state index is -0.454. The quantitative estimate of drug-likeness (QED) is 0.653. The number of hydrogen-bond acceptors (Lipinski definition) is 6. The summed E-state index contributed by atoms with van der Waals surface area (Å²) >= 11 is 3.12. The van der Waals surface area contributed by atoms with Crippen LogP contribution in [0.1, 0.15) is 57.4 Å². The molecule has 7 nitrogen and oxygen atoms in total. The van der Waals surface area contributed by atoms with Gasteiger partial charge in [0.1, 0.15) is 0 Å². The van der Waals surface area contributed by atoms with E-state index in [0.717, 1.165) is 36.4 Å². The van der Waals surface area contributed by atoms with Crippen LogP contribution in [0.3, 0.4) is 0 Å². The van der Waals surface area contributed by atoms with Gasteiger partial charge in [-0.15, -0.1) is 21.5 Å². The molecular weight excluding hydrogens is 430 g/mol. The van der Waals surface area contributed by atoms with Gasteiger partial charge in [-0.25, -0.2) is 4.79 Å². The maximum absolute atomic E-state index is 12.3. The standard InChI is InChI=1S/C22H31N5O2S2/c1-12(19(28)24-20(29)23-15-7-8-15)30-21-26-25-18(27(21)5)17-11-13-10-14(22(2,3)4)6-9-16(13)31-17/h11-12,14-15H,6-10H2,1-5H3,(H2,23,24,28,29)/t12-,14+/m1/s1. The Kier molecular flexibility index (Phi) is 6.18. The minimum absolute atomic E-state index is 0.215. The molecule has 31 heavy (non-hydrogen) atoms. The fourth-order valence-corrected chi connectivity index (χ4v) is 5.92. The summed E-state index contributed by atoms with van der Waals surface area (Å²) < 4.78 is 1.94. The first kappa shape index (κ1) is 22.3. The first-order chi connectivity index (χ1) is 14.6. The first-order valence-electron chi connectivity index (χ1n) is 10.9. The summed E-state index contributed by atoms with van der Waals surface area (Å²) in [5.41, 5.74) is 1.76. The summed E-state index contributed by atoms with van der Waals surface area (Å²) in [6.07, 6.45) is 5.45. The average Bonchev–Trinajstić information content (AvgIpc) is 3.28. The van der Waals surface area contributed by atoms with Crippen molar-refractivity contribution in [2.75, 3.05) is 0 Å². The van der Waals surface area contributed by atoms with Crippen molar-refractivity contribution in [3.8, 4) is 10.7 Å². The molecular formula is C22H31N5O2S2. The smallest absolute Gasteiger partial charge is 0.321 e. The first-order valence-corrected chi connectivity index (χ1v) is 12.6. The van der Waals surface area contributed by atoms with Crippen molar-refractivity contribution >= 4 is 35.0 Å². The molecule has 0 spiro atoms. The minimum Gasteiger partial charge on any atom is -0.335 e. The molecule has 2 aromatic heterocycles. The molecule has 2 aliphatic carbocycles. The number of aryl methyl sites for hydroxylation is 1. The number of nitrogens with one attached hydrogen (secondary N) is 2. The number of hydrogen-bond donors (Lipinski definition) is 2. The fraction of sp³-hybridized carbons (Fsp3) is 0.636. The van der Waals surface area contributed by atoms with Crippen molar-refractivity contribution in [2.45, 2.75) is 76.2 Å². The van der Waals surface area contributed by atoms with Crippen LogP contribution in [-0.4, -0.2) is 38.0 Å². The van der Waals surface area contributed by atoms with Gasteiger partial charge in [0.15, 0.2) is 11.0 Å². The molecule has 0 aliphatic heterocycles. The van der Waals surface area contributed by atoms with Gasteiger partial charge in [0, 0.05) is 18.0 Å². The van der Waals surface area contributed by atoms with Crippen LogP contribution in [0.5, 0.6) is 0 Å². The number of rotatable bonds is 5. The lowest BCUT2D eigenvalue weighted by molar-refractivity contribution is -0.119. The van der Waals surface area contributed by atoms with Crippen LogP contribution in [0, 0.1) is 11.3 Å². The monoisotopic (exact) mass is 461 g/mol. The number of thiophene rings is 1. The van der Waals surface area contributed by atoms with E-state index >= 15 is 0 Å². The van der Waals surface area contributed by atoms with Crippen LogP contribution in [0.4, 0.5) is 4.79 Å². The Bertz CT molecular complexity index is 987. The number of carbonyl (C=O) groups is 2. The van der Waals surface area contributed by atoms with E-state index in [-0.39, 0.29) is 11.9 Å². The Morgan fingerprint density at radius 3 is 2.68 bits per heavy atom. The van der Waals surface area contributed by atoms with Gasteiger partial charge < -0.3 is 9.88 Å². The normalized spacial score (nSPS) is 19.6. The highest BCUT2D eigenvalue weighted by Gasteiger charge is 2.31. The topological polar surface area (TPSA) is 88.9 Å². The summed E-state index contributed by atoms with van der Waals surface area (Å²) in [4.78, 5) is 26.7. The highest BCUT2D eigenvalue weighted by atomic mass is 32.2. The van der Waals surface area contributed by atoms with E-state index in [1.807, 2.05) is 23.0 Å². The third kappa shape index (κ3) is 5.14. The van der Waals surface area contributed by atoms with Crippen LogP contribution in [0.15, 0.2) is 11.2 Å². The van der Waals surface area contributed by atoms with Crippen molar-refractivity contribution in [1.29, 1.82) is 0 Å². The molecule has 9 heteroatoms. The molecule has 2 N–H and O–H groups in total. The number of thioether (sulfide) groups is 1. The molecule has 0 radical (unpaired) electrons. The fourth-order valence-electron chi connectivity index (χ4n) is 3.88. The maximum atomic E-state index is 12.3. The Labute approximate surface area is 191 Å². The second-order valence-electron chi connectivity index (χ2n) is 9.73. The van der Waals surface area contributed by atoms with Crippen molar-refractivity contribution < 1.29 is 9.59 Å². The molecule has 1 fully saturated rings. The van der Waals surface area contributed by atoms with Crippen molar-refractivity contribution in [3.05, 3.63) is 16.5 Å². The third-order valence-corrected chi connectivity index (χ3v) is 8.53. The number of aromatic nitrogens is 3. The number of nitrogens with zero attached hydrogens (tertiary/aromatic N) is 3. The Hall–Kier alpha value is -1.87. The summed E-state index contributed by atoms with van der Waals surface area (Å²) in [5, 5.41) is 14.1. The maximum Gasteiger partial charge on any atom is 0.321 e. The Morgan fingerprint density at radius 2 is 2.00 bits per heavy atom. The van der Waals surface area contributed by atoms with E-state index in [2.05, 4.69) is 47.7 Å². The van der Waals surface area contributed by atoms with E-state index < -0.39 is 11.3 Å². The lowest BCUT2D eigenvalue weighted by atomic mass is 9.72. The zero-order chi connectivity index (χ0) is 22.3. The summed E-state index contributed by atoms with van der Waals surface area (Å²) in [6, 6.07) is 2.07. The zero-order valence-electron chi connectivity index (χ0n) is 18.8. The molecule has 4 rings (SSSR count). The van der Waals surface area contributed by atoms with Gasteiger partial charge in [0.05, 0.1) is 10.1 Å². The van der Waals surface area contributed by atoms with E-state index in [1.54, 1.807) is 6.92 Å². The summed E-state index contributed by atoms with van der Waals surface area (Å²) in [7, 11) is 1.93. The van der Waals surface area contributed by atoms with Crippen LogP contribution in [-0.2, 0) is 24.7 Å². The third-order valence-electron chi connectivity index (χ3n) is 6.16. The van der Waals surface area contributed by atoms with Crippen LogP contribution in [0.25, 0.3) is 10.7 Å². The van der Waals surface area contributed by atoms with Crippen LogP contribution < -0.4 is 10.6 Å². The largest absolute Gasteiger partial charge is 0.335 e. The predicted octanol–water partition coefficient (Wildman–Crippen LogP) is 4.16. The van der Waals surface area contributed by atoms with Gasteiger partial charge in [0.25, 0.3) is 0 Å². The molecule has 3 amide bonds. The van der Waals surface area contributed by atoms with Gasteiger partial charge in [-0.05, 0) is 62.0 Å². The number of urea groups is 1. The van der Waals surface area contributed by atoms with E-state index in [4.69, 9.17) is 0 Å². The van der Waals surface area contributed by atoms with E-state index in [9.17, 15) is 9.59 Å². The molecule has 2 aliphatic rings. The Balaban J connectivity index is 1.42. The van der Waals surface area contributed by atoms with Crippen molar-refractivity contribution in [1.82, 2.24) is 25.4 Å². The SMILES string of the molecule is C[C@@H](Sc1nnc(-c2cc3c(s2)CC[C@H](C(C)(C)C)C3)n1C)C(=O)NC(=O)NC1CC1. The zero-order valence-corrected chi connectivity index (χ0v) is 20.5. The lowest BCUT2D eigenvalue weighted by Gasteiger charge is -2.33. The average molecular weight is 462 g/mol. The molecule has 0 aromatic carbocycles. The lowest BCUT2D eigenvalue weighted by Crippen LogP contribution is -2.43. The molecule has 0 saturated heterocycles. The number of fused-ring (bicyclic) bond motifs is 1. The molecule has 0 unspecified atom stereocenters. The van der Waals surface area contributed by atoms with Gasteiger partial charge >= 0.3 is 6.03 Å². The van der Waals surface area contributed by atoms with Gasteiger partial charge in [-0.1, -0.05) is 32.5 Å². The van der Waals surface area contributed by atoms with E-state index in [1.165, 1.54) is 28.6 Å². The number of amides is 3.